The monoisotopic (exact) mass is 423 g/mol. The van der Waals surface area contributed by atoms with Crippen molar-refractivity contribution in [3.63, 3.8) is 0 Å². The Labute approximate surface area is 159 Å². The Morgan fingerprint density at radius 3 is 2.68 bits per heavy atom. The Hall–Kier alpha value is -1.79. The molecule has 0 saturated carbocycles. The van der Waals surface area contributed by atoms with Crippen molar-refractivity contribution in [3.05, 3.63) is 68.6 Å². The van der Waals surface area contributed by atoms with Crippen molar-refractivity contribution < 1.29 is 14.0 Å². The summed E-state index contributed by atoms with van der Waals surface area (Å²) in [5, 5.41) is 0. The third-order valence-electron chi connectivity index (χ3n) is 3.65. The van der Waals surface area contributed by atoms with E-state index >= 15 is 0 Å². The summed E-state index contributed by atoms with van der Waals surface area (Å²) in [5.41, 5.74) is 0.421. The van der Waals surface area contributed by atoms with Gasteiger partial charge in [-0.15, -0.1) is 17.9 Å². The minimum atomic E-state index is -0.366. The van der Waals surface area contributed by atoms with Crippen molar-refractivity contribution in [2.75, 3.05) is 6.54 Å². The van der Waals surface area contributed by atoms with Crippen LogP contribution in [-0.2, 0) is 11.3 Å². The van der Waals surface area contributed by atoms with Crippen LogP contribution >= 0.6 is 27.3 Å². The second-order valence-electron chi connectivity index (χ2n) is 5.63. The number of thiophene rings is 1. The second-order valence-corrected chi connectivity index (χ2v) is 7.84. The van der Waals surface area contributed by atoms with E-state index in [9.17, 15) is 14.0 Å². The van der Waals surface area contributed by atoms with Gasteiger partial charge in [0.15, 0.2) is 5.78 Å². The molecule has 0 atom stereocenters. The van der Waals surface area contributed by atoms with Crippen LogP contribution < -0.4 is 0 Å². The molecule has 0 radical (unpaired) electrons. The summed E-state index contributed by atoms with van der Waals surface area (Å²) in [6, 6.07) is 8.29. The molecule has 2 rings (SSSR count). The quantitative estimate of drug-likeness (QED) is 0.435. The summed E-state index contributed by atoms with van der Waals surface area (Å²) < 4.78 is 14.7. The van der Waals surface area contributed by atoms with Gasteiger partial charge < -0.3 is 4.90 Å². The molecule has 1 heterocycles. The first-order valence-corrected chi connectivity index (χ1v) is 9.44. The van der Waals surface area contributed by atoms with Gasteiger partial charge >= 0.3 is 0 Å². The molecular formula is C19H19BrFNO2S. The Kier molecular flexibility index (Phi) is 7.08. The van der Waals surface area contributed by atoms with Crippen LogP contribution in [0.25, 0.3) is 0 Å². The first-order chi connectivity index (χ1) is 11.9. The van der Waals surface area contributed by atoms with Gasteiger partial charge in [-0.1, -0.05) is 22.0 Å². The predicted molar refractivity (Wildman–Crippen MR) is 102 cm³/mol. The van der Waals surface area contributed by atoms with Crippen LogP contribution in [0.4, 0.5) is 4.39 Å². The van der Waals surface area contributed by atoms with Gasteiger partial charge in [-0.3, -0.25) is 9.59 Å². The number of benzene rings is 1. The van der Waals surface area contributed by atoms with Crippen LogP contribution in [0.2, 0.25) is 0 Å². The third kappa shape index (κ3) is 5.61. The molecular weight excluding hydrogens is 405 g/mol. The molecule has 0 aliphatic heterocycles. The van der Waals surface area contributed by atoms with Gasteiger partial charge in [0, 0.05) is 40.8 Å². The van der Waals surface area contributed by atoms with Crippen LogP contribution in [0.3, 0.4) is 0 Å². The number of amides is 1. The van der Waals surface area contributed by atoms with Crippen molar-refractivity contribution in [1.82, 2.24) is 4.90 Å². The first kappa shape index (κ1) is 19.5. The molecule has 0 unspecified atom stereocenters. The molecule has 1 aromatic carbocycles. The smallest absolute Gasteiger partial charge is 0.223 e. The fourth-order valence-corrected chi connectivity index (χ4v) is 3.61. The summed E-state index contributed by atoms with van der Waals surface area (Å²) in [6.07, 6.45) is 1.84. The molecule has 3 nitrogen and oxygen atoms in total. The van der Waals surface area contributed by atoms with Crippen LogP contribution in [0.15, 0.2) is 47.5 Å². The van der Waals surface area contributed by atoms with Crippen molar-refractivity contribution in [1.29, 1.82) is 0 Å². The van der Waals surface area contributed by atoms with Crippen molar-refractivity contribution >= 4 is 39.0 Å². The Morgan fingerprint density at radius 1 is 1.28 bits per heavy atom. The Balaban J connectivity index is 2.01. The fourth-order valence-electron chi connectivity index (χ4n) is 2.37. The highest BCUT2D eigenvalue weighted by Crippen LogP contribution is 2.20. The zero-order chi connectivity index (χ0) is 18.4. The molecule has 0 fully saturated rings. The number of halogens is 2. The van der Waals surface area contributed by atoms with Crippen LogP contribution in [-0.4, -0.2) is 23.1 Å². The van der Waals surface area contributed by atoms with Gasteiger partial charge in [-0.05, 0) is 37.3 Å². The Morgan fingerprint density at radius 2 is 2.04 bits per heavy atom. The number of hydrogen-bond acceptors (Lipinski definition) is 3. The standard InChI is InChI=1S/C19H19BrFNO2S/c1-3-10-22(12-14-11-15(20)5-6-16(14)21)19(24)9-7-17(23)18-8-4-13(2)25-18/h3-6,8,11H,1,7,9-10,12H2,2H3. The zero-order valence-corrected chi connectivity index (χ0v) is 16.3. The van der Waals surface area contributed by atoms with E-state index in [1.807, 2.05) is 13.0 Å². The molecule has 1 aromatic heterocycles. The largest absolute Gasteiger partial charge is 0.335 e. The van der Waals surface area contributed by atoms with E-state index < -0.39 is 0 Å². The van der Waals surface area contributed by atoms with Crippen LogP contribution in [0.5, 0.6) is 0 Å². The van der Waals surface area contributed by atoms with Gasteiger partial charge in [0.1, 0.15) is 5.82 Å². The first-order valence-electron chi connectivity index (χ1n) is 7.83. The van der Waals surface area contributed by atoms with Crippen molar-refractivity contribution in [2.24, 2.45) is 0 Å². The molecule has 6 heteroatoms. The number of carbonyl (C=O) groups excluding carboxylic acids is 2. The van der Waals surface area contributed by atoms with E-state index in [4.69, 9.17) is 0 Å². The summed E-state index contributed by atoms with van der Waals surface area (Å²) in [6.45, 7) is 6.03. The predicted octanol–water partition coefficient (Wildman–Crippen LogP) is 5.14. The molecule has 0 aliphatic carbocycles. The lowest BCUT2D eigenvalue weighted by molar-refractivity contribution is -0.131. The van der Waals surface area contributed by atoms with Gasteiger partial charge in [0.05, 0.1) is 4.88 Å². The van der Waals surface area contributed by atoms with E-state index in [0.717, 1.165) is 9.35 Å². The molecule has 0 bridgehead atoms. The van der Waals surface area contributed by atoms with E-state index in [-0.39, 0.29) is 36.9 Å². The number of ketones is 1. The average molecular weight is 424 g/mol. The number of Topliss-reactive ketones (excluding diaryl/α,β-unsaturated/α-hetero) is 1. The maximum atomic E-state index is 13.9. The number of nitrogens with zero attached hydrogens (tertiary/aromatic N) is 1. The third-order valence-corrected chi connectivity index (χ3v) is 5.19. The van der Waals surface area contributed by atoms with Gasteiger partial charge in [0.2, 0.25) is 5.91 Å². The van der Waals surface area contributed by atoms with Crippen molar-refractivity contribution in [3.8, 4) is 0 Å². The van der Waals surface area contributed by atoms with Gasteiger partial charge in [0.25, 0.3) is 0 Å². The zero-order valence-electron chi connectivity index (χ0n) is 13.9. The van der Waals surface area contributed by atoms with Crippen molar-refractivity contribution in [2.45, 2.75) is 26.3 Å². The minimum absolute atomic E-state index is 0.0429. The number of rotatable bonds is 8. The summed E-state index contributed by atoms with van der Waals surface area (Å²) in [4.78, 5) is 27.9. The van der Waals surface area contributed by atoms with Gasteiger partial charge in [-0.25, -0.2) is 4.39 Å². The minimum Gasteiger partial charge on any atom is -0.335 e. The maximum Gasteiger partial charge on any atom is 0.223 e. The molecule has 25 heavy (non-hydrogen) atoms. The molecule has 2 aromatic rings. The fraction of sp³-hybridized carbons (Fsp3) is 0.263. The molecule has 0 saturated heterocycles. The lowest BCUT2D eigenvalue weighted by Crippen LogP contribution is -2.31. The normalized spacial score (nSPS) is 10.5. The molecule has 0 spiro atoms. The molecule has 1 amide bonds. The number of hydrogen-bond donors (Lipinski definition) is 0. The Bertz CT molecular complexity index is 787. The van der Waals surface area contributed by atoms with E-state index in [0.29, 0.717) is 17.0 Å². The molecule has 0 aliphatic rings. The summed E-state index contributed by atoms with van der Waals surface area (Å²) in [5.74, 6) is -0.602. The second kappa shape index (κ2) is 9.06. The summed E-state index contributed by atoms with van der Waals surface area (Å²) >= 11 is 4.73. The highest BCUT2D eigenvalue weighted by Gasteiger charge is 2.17. The lowest BCUT2D eigenvalue weighted by Gasteiger charge is -2.21. The summed E-state index contributed by atoms with van der Waals surface area (Å²) in [7, 11) is 0. The van der Waals surface area contributed by atoms with Crippen LogP contribution in [0.1, 0.15) is 33.0 Å². The van der Waals surface area contributed by atoms with Gasteiger partial charge in [-0.2, -0.15) is 0 Å². The highest BCUT2D eigenvalue weighted by molar-refractivity contribution is 9.10. The molecule has 0 N–H and O–H groups in total. The highest BCUT2D eigenvalue weighted by atomic mass is 79.9. The van der Waals surface area contributed by atoms with E-state index in [2.05, 4.69) is 22.5 Å². The topological polar surface area (TPSA) is 37.4 Å². The SMILES string of the molecule is C=CCN(Cc1cc(Br)ccc1F)C(=O)CCC(=O)c1ccc(C)s1. The number of aryl methyl sites for hydroxylation is 1. The van der Waals surface area contributed by atoms with Crippen LogP contribution in [0, 0.1) is 12.7 Å². The number of carbonyl (C=O) groups is 2. The van der Waals surface area contributed by atoms with E-state index in [1.165, 1.54) is 22.3 Å². The average Bonchev–Trinajstić information content (AvgIpc) is 3.01. The molecule has 132 valence electrons. The van der Waals surface area contributed by atoms with E-state index in [1.54, 1.807) is 24.3 Å². The maximum absolute atomic E-state index is 13.9. The lowest BCUT2D eigenvalue weighted by atomic mass is 10.1.